The van der Waals surface area contributed by atoms with Gasteiger partial charge in [0.25, 0.3) is 0 Å². The van der Waals surface area contributed by atoms with Gasteiger partial charge in [-0.3, -0.25) is 14.4 Å². The Labute approximate surface area is 192 Å². The van der Waals surface area contributed by atoms with Crippen molar-refractivity contribution in [3.8, 4) is 11.4 Å². The molecule has 0 aliphatic carbocycles. The minimum absolute atomic E-state index is 0.0626. The number of aromatic nitrogens is 3. The van der Waals surface area contributed by atoms with Gasteiger partial charge in [-0.15, -0.1) is 10.2 Å². The van der Waals surface area contributed by atoms with E-state index in [1.54, 1.807) is 7.11 Å². The van der Waals surface area contributed by atoms with E-state index in [0.29, 0.717) is 29.0 Å². The van der Waals surface area contributed by atoms with Gasteiger partial charge in [0.05, 0.1) is 31.5 Å². The first-order valence-electron chi connectivity index (χ1n) is 10.5. The first kappa shape index (κ1) is 22.0. The molecule has 2 aromatic carbocycles. The Morgan fingerprint density at radius 1 is 1.16 bits per heavy atom. The number of nitrogens with zero attached hydrogens (tertiary/aromatic N) is 4. The van der Waals surface area contributed by atoms with E-state index in [1.165, 1.54) is 0 Å². The molecule has 1 aliphatic heterocycles. The zero-order valence-corrected chi connectivity index (χ0v) is 19.3. The van der Waals surface area contributed by atoms with Crippen LogP contribution >= 0.6 is 11.6 Å². The van der Waals surface area contributed by atoms with Crippen molar-refractivity contribution in [3.05, 3.63) is 70.3 Å². The maximum atomic E-state index is 12.6. The maximum absolute atomic E-state index is 12.6. The zero-order valence-electron chi connectivity index (χ0n) is 18.5. The second-order valence-electron chi connectivity index (χ2n) is 8.11. The van der Waals surface area contributed by atoms with Gasteiger partial charge in [0.15, 0.2) is 5.82 Å². The van der Waals surface area contributed by atoms with Crippen LogP contribution in [0.1, 0.15) is 49.1 Å². The van der Waals surface area contributed by atoms with Gasteiger partial charge in [0, 0.05) is 16.1 Å². The topological polar surface area (TPSA) is 78.6 Å². The van der Waals surface area contributed by atoms with Gasteiger partial charge in [-0.2, -0.15) is 0 Å². The molecule has 2 heterocycles. The molecule has 0 spiro atoms. The number of hydrogen-bond donors (Lipinski definition) is 0. The van der Waals surface area contributed by atoms with Crippen molar-refractivity contribution in [3.63, 3.8) is 0 Å². The third-order valence-electron chi connectivity index (χ3n) is 5.19. The molecule has 8 heteroatoms. The number of methoxy groups -OCH3 is 1. The highest BCUT2D eigenvalue weighted by atomic mass is 35.5. The van der Waals surface area contributed by atoms with E-state index in [-0.39, 0.29) is 18.3 Å². The number of benzene rings is 2. The highest BCUT2D eigenvalue weighted by Crippen LogP contribution is 2.34. The number of hydrogen-bond acceptors (Lipinski definition) is 6. The smallest absolute Gasteiger partial charge is 0.308 e. The molecule has 0 amide bonds. The Morgan fingerprint density at radius 3 is 2.59 bits per heavy atom. The number of carbonyl (C=O) groups excluding carboxylic acids is 1. The molecule has 1 aromatic heterocycles. The second kappa shape index (κ2) is 9.12. The van der Waals surface area contributed by atoms with Crippen LogP contribution in [0.25, 0.3) is 5.69 Å². The predicted molar refractivity (Wildman–Crippen MR) is 123 cm³/mol. The lowest BCUT2D eigenvalue weighted by molar-refractivity contribution is -0.145. The van der Waals surface area contributed by atoms with Crippen molar-refractivity contribution in [2.45, 2.75) is 33.2 Å². The lowest BCUT2D eigenvalue weighted by atomic mass is 10.00. The van der Waals surface area contributed by atoms with Crippen LogP contribution in [0.4, 0.5) is 0 Å². The van der Waals surface area contributed by atoms with Gasteiger partial charge in [0.2, 0.25) is 0 Å². The van der Waals surface area contributed by atoms with Crippen molar-refractivity contribution in [1.82, 2.24) is 14.8 Å². The summed E-state index contributed by atoms with van der Waals surface area (Å²) in [6.45, 7) is 6.24. The molecule has 7 nitrogen and oxygen atoms in total. The normalized spacial score (nSPS) is 14.9. The van der Waals surface area contributed by atoms with Crippen LogP contribution in [0, 0.1) is 12.8 Å². The summed E-state index contributed by atoms with van der Waals surface area (Å²) in [5, 5.41) is 9.28. The molecule has 4 rings (SSSR count). The van der Waals surface area contributed by atoms with Crippen LogP contribution in [-0.4, -0.2) is 40.2 Å². The van der Waals surface area contributed by atoms with E-state index < -0.39 is 6.04 Å². The van der Waals surface area contributed by atoms with Gasteiger partial charge >= 0.3 is 5.97 Å². The number of aliphatic imine (C=N–C) groups is 1. The van der Waals surface area contributed by atoms with Crippen LogP contribution in [0.5, 0.6) is 5.75 Å². The minimum atomic E-state index is -0.556. The van der Waals surface area contributed by atoms with Gasteiger partial charge in [0.1, 0.15) is 17.6 Å². The van der Waals surface area contributed by atoms with Crippen LogP contribution in [0.3, 0.4) is 0 Å². The Hall–Kier alpha value is -3.19. The molecule has 3 aromatic rings. The molecular formula is C24H25ClN4O3. The molecule has 1 aliphatic rings. The van der Waals surface area contributed by atoms with Gasteiger partial charge in [-0.25, -0.2) is 0 Å². The van der Waals surface area contributed by atoms with Crippen LogP contribution < -0.4 is 4.74 Å². The molecule has 32 heavy (non-hydrogen) atoms. The maximum Gasteiger partial charge on any atom is 0.308 e. The molecule has 0 saturated carbocycles. The molecule has 0 saturated heterocycles. The fraction of sp³-hybridized carbons (Fsp3) is 0.333. The Balaban J connectivity index is 1.87. The summed E-state index contributed by atoms with van der Waals surface area (Å²) in [7, 11) is 1.63. The zero-order chi connectivity index (χ0) is 22.8. The molecule has 0 fully saturated rings. The average Bonchev–Trinajstić information content (AvgIpc) is 3.10. The number of carbonyl (C=O) groups is 1. The number of fused-ring (bicyclic) bond motifs is 3. The average molecular weight is 453 g/mol. The summed E-state index contributed by atoms with van der Waals surface area (Å²) in [6.07, 6.45) is 0.0626. The van der Waals surface area contributed by atoms with E-state index in [0.717, 1.165) is 22.5 Å². The van der Waals surface area contributed by atoms with Gasteiger partial charge < -0.3 is 9.47 Å². The fourth-order valence-electron chi connectivity index (χ4n) is 3.65. The highest BCUT2D eigenvalue weighted by molar-refractivity contribution is 6.30. The quantitative estimate of drug-likeness (QED) is 0.505. The summed E-state index contributed by atoms with van der Waals surface area (Å²) in [5.74, 6) is 1.94. The molecule has 0 bridgehead atoms. The number of rotatable bonds is 6. The largest absolute Gasteiger partial charge is 0.497 e. The van der Waals surface area contributed by atoms with Crippen molar-refractivity contribution in [2.75, 3.05) is 13.7 Å². The SMILES string of the molecule is COc1ccc2c(c1)C(c1ccc(Cl)cc1)=NC(CC(=O)OCC(C)C)c1nnc(C)n1-2. The fourth-order valence-corrected chi connectivity index (χ4v) is 3.78. The Morgan fingerprint density at radius 2 is 1.91 bits per heavy atom. The number of ether oxygens (including phenoxy) is 2. The lowest BCUT2D eigenvalue weighted by Crippen LogP contribution is -2.15. The third kappa shape index (κ3) is 4.39. The number of aryl methyl sites for hydroxylation is 1. The number of halogens is 1. The monoisotopic (exact) mass is 452 g/mol. The lowest BCUT2D eigenvalue weighted by Gasteiger charge is -2.14. The summed E-state index contributed by atoms with van der Waals surface area (Å²) in [4.78, 5) is 17.6. The first-order valence-corrected chi connectivity index (χ1v) is 10.8. The van der Waals surface area contributed by atoms with Gasteiger partial charge in [-0.1, -0.05) is 37.6 Å². The summed E-state index contributed by atoms with van der Waals surface area (Å²) >= 11 is 6.12. The number of esters is 1. The summed E-state index contributed by atoms with van der Waals surface area (Å²) in [5.41, 5.74) is 3.33. The minimum Gasteiger partial charge on any atom is -0.497 e. The third-order valence-corrected chi connectivity index (χ3v) is 5.44. The first-order chi connectivity index (χ1) is 15.4. The van der Waals surface area contributed by atoms with Crippen molar-refractivity contribution < 1.29 is 14.3 Å². The predicted octanol–water partition coefficient (Wildman–Crippen LogP) is 4.72. The second-order valence-corrected chi connectivity index (χ2v) is 8.54. The van der Waals surface area contributed by atoms with E-state index in [1.807, 2.05) is 67.8 Å². The van der Waals surface area contributed by atoms with Gasteiger partial charge in [-0.05, 0) is 43.2 Å². The van der Waals surface area contributed by atoms with Crippen molar-refractivity contribution in [1.29, 1.82) is 0 Å². The molecule has 0 N–H and O–H groups in total. The standard InChI is InChI=1S/C24H25ClN4O3/c1-14(2)13-32-22(30)12-20-24-28-27-15(3)29(24)21-10-9-18(31-4)11-19(21)23(26-20)16-5-7-17(25)8-6-16/h5-11,14,20H,12-13H2,1-4H3. The molecule has 166 valence electrons. The molecule has 0 radical (unpaired) electrons. The Bertz CT molecular complexity index is 1170. The van der Waals surface area contributed by atoms with Crippen LogP contribution in [0.15, 0.2) is 47.5 Å². The van der Waals surface area contributed by atoms with E-state index in [4.69, 9.17) is 26.1 Å². The molecule has 1 unspecified atom stereocenters. The molecule has 1 atom stereocenters. The summed E-state index contributed by atoms with van der Waals surface area (Å²) in [6, 6.07) is 12.7. The van der Waals surface area contributed by atoms with E-state index >= 15 is 0 Å². The Kier molecular flexibility index (Phi) is 6.28. The van der Waals surface area contributed by atoms with Crippen molar-refractivity contribution in [2.24, 2.45) is 10.9 Å². The van der Waals surface area contributed by atoms with Crippen LogP contribution in [-0.2, 0) is 9.53 Å². The summed E-state index contributed by atoms with van der Waals surface area (Å²) < 4.78 is 12.9. The van der Waals surface area contributed by atoms with Crippen LogP contribution in [0.2, 0.25) is 5.02 Å². The molecular weight excluding hydrogens is 428 g/mol. The van der Waals surface area contributed by atoms with E-state index in [2.05, 4.69) is 10.2 Å². The highest BCUT2D eigenvalue weighted by Gasteiger charge is 2.30. The van der Waals surface area contributed by atoms with Crippen molar-refractivity contribution >= 4 is 23.3 Å². The van der Waals surface area contributed by atoms with E-state index in [9.17, 15) is 4.79 Å².